The van der Waals surface area contributed by atoms with Crippen LogP contribution in [-0.4, -0.2) is 70.1 Å². The van der Waals surface area contributed by atoms with Crippen molar-refractivity contribution in [1.29, 1.82) is 0 Å². The minimum Gasteiger partial charge on any atom is -0.478 e. The first-order valence-electron chi connectivity index (χ1n) is 10.9. The first kappa shape index (κ1) is 22.4. The number of nitrogens with zero attached hydrogens (tertiary/aromatic N) is 5. The fourth-order valence-electron chi connectivity index (χ4n) is 4.66. The summed E-state index contributed by atoms with van der Waals surface area (Å²) in [5, 5.41) is 21.6. The Morgan fingerprint density at radius 3 is 2.94 bits per heavy atom. The van der Waals surface area contributed by atoms with E-state index in [-0.39, 0.29) is 17.4 Å². The third-order valence-corrected chi connectivity index (χ3v) is 7.17. The van der Waals surface area contributed by atoms with Crippen molar-refractivity contribution in [3.8, 4) is 0 Å². The Kier molecular flexibility index (Phi) is 5.74. The lowest BCUT2D eigenvalue weighted by atomic mass is 9.91. The van der Waals surface area contributed by atoms with Gasteiger partial charge >= 0.3 is 5.97 Å². The van der Waals surface area contributed by atoms with Crippen LogP contribution in [0.4, 0.5) is 4.39 Å². The molecular weight excluding hydrogens is 459 g/mol. The van der Waals surface area contributed by atoms with Crippen LogP contribution in [-0.2, 0) is 9.59 Å². The van der Waals surface area contributed by atoms with E-state index in [0.29, 0.717) is 53.7 Å². The number of aliphatic carboxylic acids is 1. The summed E-state index contributed by atoms with van der Waals surface area (Å²) >= 11 is 1.38. The molecule has 3 aliphatic heterocycles. The van der Waals surface area contributed by atoms with Crippen LogP contribution in [0.2, 0.25) is 0 Å². The number of piperidine rings is 1. The van der Waals surface area contributed by atoms with Gasteiger partial charge in [-0.15, -0.1) is 11.3 Å². The average molecular weight is 483 g/mol. The lowest BCUT2D eigenvalue weighted by molar-refractivity contribution is -0.133. The number of aliphatic imine (C=N–C) groups is 1. The Balaban J connectivity index is 1.53. The summed E-state index contributed by atoms with van der Waals surface area (Å²) in [6, 6.07) is 3.73. The third kappa shape index (κ3) is 3.90. The number of aromatic nitrogens is 1. The van der Waals surface area contributed by atoms with Crippen molar-refractivity contribution in [3.05, 3.63) is 63.0 Å². The number of amides is 1. The molecular formula is C23H23FN6O3S. The highest BCUT2D eigenvalue weighted by molar-refractivity contribution is 7.11. The number of hydrogen-bond donors (Lipinski definition) is 2. The molecule has 1 fully saturated rings. The minimum atomic E-state index is -1.12. The number of rotatable bonds is 5. The van der Waals surface area contributed by atoms with Crippen molar-refractivity contribution in [2.75, 3.05) is 26.7 Å². The molecule has 0 radical (unpaired) electrons. The quantitative estimate of drug-likeness (QED) is 0.676. The molecule has 0 spiro atoms. The van der Waals surface area contributed by atoms with Gasteiger partial charge in [-0.2, -0.15) is 5.10 Å². The lowest BCUT2D eigenvalue weighted by Crippen LogP contribution is -2.46. The normalized spacial score (nSPS) is 22.9. The fraction of sp³-hybridized carbons (Fsp3) is 0.348. The smallest absolute Gasteiger partial charge is 0.335 e. The van der Waals surface area contributed by atoms with Crippen LogP contribution in [0.15, 0.2) is 51.1 Å². The molecule has 1 unspecified atom stereocenters. The Morgan fingerprint density at radius 2 is 2.21 bits per heavy atom. The number of hydrazone groups is 1. The maximum atomic E-state index is 14.4. The van der Waals surface area contributed by atoms with Gasteiger partial charge in [0.25, 0.3) is 5.91 Å². The Labute approximate surface area is 199 Å². The topological polar surface area (TPSA) is 110 Å². The Morgan fingerprint density at radius 1 is 1.38 bits per heavy atom. The molecule has 1 saturated heterocycles. The summed E-state index contributed by atoms with van der Waals surface area (Å²) in [6.07, 6.45) is 2.27. The van der Waals surface area contributed by atoms with E-state index in [1.54, 1.807) is 32.3 Å². The number of carbonyl (C=O) groups excluding carboxylic acids is 1. The van der Waals surface area contributed by atoms with Gasteiger partial charge in [0.15, 0.2) is 10.8 Å². The van der Waals surface area contributed by atoms with Crippen LogP contribution >= 0.6 is 11.3 Å². The molecule has 1 aromatic heterocycles. The first-order valence-corrected chi connectivity index (χ1v) is 11.7. The molecule has 4 heterocycles. The first-order chi connectivity index (χ1) is 16.3. The molecule has 0 saturated carbocycles. The number of thiazole rings is 1. The van der Waals surface area contributed by atoms with Crippen LogP contribution in [0.25, 0.3) is 0 Å². The van der Waals surface area contributed by atoms with Gasteiger partial charge < -0.3 is 10.4 Å². The van der Waals surface area contributed by atoms with Crippen LogP contribution in [0.5, 0.6) is 0 Å². The summed E-state index contributed by atoms with van der Waals surface area (Å²) in [7, 11) is 1.65. The predicted molar refractivity (Wildman–Crippen MR) is 125 cm³/mol. The monoisotopic (exact) mass is 482 g/mol. The lowest BCUT2D eigenvalue weighted by Gasteiger charge is -2.33. The zero-order valence-electron chi connectivity index (χ0n) is 18.7. The number of amidine groups is 1. The largest absolute Gasteiger partial charge is 0.478 e. The molecule has 0 bridgehead atoms. The fourth-order valence-corrected chi connectivity index (χ4v) is 5.24. The summed E-state index contributed by atoms with van der Waals surface area (Å²) < 4.78 is 14.4. The van der Waals surface area contributed by atoms with E-state index < -0.39 is 17.8 Å². The number of carboxylic acids is 1. The molecule has 34 heavy (non-hydrogen) atoms. The highest BCUT2D eigenvalue weighted by atomic mass is 32.1. The van der Waals surface area contributed by atoms with Gasteiger partial charge in [-0.25, -0.2) is 19.2 Å². The van der Waals surface area contributed by atoms with E-state index in [1.807, 2.05) is 5.38 Å². The number of halogens is 1. The van der Waals surface area contributed by atoms with Gasteiger partial charge in [0.05, 0.1) is 17.2 Å². The molecule has 11 heteroatoms. The van der Waals surface area contributed by atoms with E-state index in [2.05, 4.69) is 25.3 Å². The van der Waals surface area contributed by atoms with E-state index in [4.69, 9.17) is 0 Å². The maximum Gasteiger partial charge on any atom is 0.335 e. The highest BCUT2D eigenvalue weighted by Crippen LogP contribution is 2.35. The van der Waals surface area contributed by atoms with E-state index in [9.17, 15) is 19.1 Å². The van der Waals surface area contributed by atoms with Gasteiger partial charge in [-0.3, -0.25) is 14.7 Å². The number of hydrogen-bond acceptors (Lipinski definition) is 8. The molecule has 2 N–H and O–H groups in total. The summed E-state index contributed by atoms with van der Waals surface area (Å²) in [5.41, 5.74) is 2.18. The Bertz CT molecular complexity index is 1260. The number of carbonyl (C=O) groups is 2. The van der Waals surface area contributed by atoms with Crippen molar-refractivity contribution in [3.63, 3.8) is 0 Å². The zero-order chi connectivity index (χ0) is 24.0. The van der Waals surface area contributed by atoms with Crippen LogP contribution in [0.1, 0.15) is 28.6 Å². The predicted octanol–water partition coefficient (Wildman–Crippen LogP) is 2.17. The van der Waals surface area contributed by atoms with Crippen molar-refractivity contribution in [2.24, 2.45) is 16.0 Å². The van der Waals surface area contributed by atoms with E-state index in [1.165, 1.54) is 22.4 Å². The SMILES string of the molecule is Cc1c(F)cccc1[C@@H]1N=C(c2nccs2)NC(CN2CCC3C(=O)N(C)N=C3C2)=C1C(=O)O. The molecule has 1 amide bonds. The number of carboxylic acid groups (broad SMARTS) is 1. The average Bonchev–Trinajstić information content (AvgIpc) is 3.43. The molecule has 2 aromatic rings. The second kappa shape index (κ2) is 8.73. The molecule has 3 aliphatic rings. The van der Waals surface area contributed by atoms with Gasteiger partial charge in [0, 0.05) is 44.0 Å². The number of nitrogens with one attached hydrogen (secondary N) is 1. The zero-order valence-corrected chi connectivity index (χ0v) is 19.5. The molecule has 1 aromatic carbocycles. The second-order valence-electron chi connectivity index (χ2n) is 8.50. The van der Waals surface area contributed by atoms with Crippen molar-refractivity contribution >= 4 is 34.8 Å². The summed E-state index contributed by atoms with van der Waals surface area (Å²) in [5.74, 6) is -1.30. The summed E-state index contributed by atoms with van der Waals surface area (Å²) in [6.45, 7) is 3.00. The highest BCUT2D eigenvalue weighted by Gasteiger charge is 2.39. The second-order valence-corrected chi connectivity index (χ2v) is 9.39. The molecule has 176 valence electrons. The Hall–Kier alpha value is -3.44. The molecule has 9 nitrogen and oxygen atoms in total. The van der Waals surface area contributed by atoms with Gasteiger partial charge in [-0.1, -0.05) is 12.1 Å². The number of likely N-dealkylation sites (tertiary alicyclic amines) is 1. The summed E-state index contributed by atoms with van der Waals surface area (Å²) in [4.78, 5) is 35.8. The van der Waals surface area contributed by atoms with Crippen LogP contribution in [0, 0.1) is 18.7 Å². The van der Waals surface area contributed by atoms with Crippen LogP contribution in [0.3, 0.4) is 0 Å². The van der Waals surface area contributed by atoms with E-state index >= 15 is 0 Å². The molecule has 5 rings (SSSR count). The van der Waals surface area contributed by atoms with Crippen molar-refractivity contribution in [1.82, 2.24) is 20.2 Å². The third-order valence-electron chi connectivity index (χ3n) is 6.39. The standard InChI is InChI=1S/C23H23FN6O3S/c1-12-13(4-3-5-15(12)24)19-18(23(32)33)17(26-20(27-19)21-25-7-9-34-21)11-30-8-6-14-16(10-30)28-29(2)22(14)31/h3-5,7,9,14,19H,6,8,10-11H2,1-2H3,(H,26,27)(H,32,33)/t14?,19-/m0/s1. The van der Waals surface area contributed by atoms with Gasteiger partial charge in [-0.05, 0) is 30.5 Å². The van der Waals surface area contributed by atoms with Crippen LogP contribution < -0.4 is 5.32 Å². The van der Waals surface area contributed by atoms with Crippen molar-refractivity contribution < 1.29 is 19.1 Å². The minimum absolute atomic E-state index is 0.00397. The van der Waals surface area contributed by atoms with E-state index in [0.717, 1.165) is 5.71 Å². The maximum absolute atomic E-state index is 14.4. The molecule has 0 aliphatic carbocycles. The molecule has 2 atom stereocenters. The van der Waals surface area contributed by atoms with Gasteiger partial charge in [0.2, 0.25) is 0 Å². The van der Waals surface area contributed by atoms with Crippen molar-refractivity contribution in [2.45, 2.75) is 19.4 Å². The number of benzene rings is 1. The number of fused-ring (bicyclic) bond motifs is 1. The van der Waals surface area contributed by atoms with Gasteiger partial charge in [0.1, 0.15) is 11.9 Å².